The van der Waals surface area contributed by atoms with Crippen LogP contribution in [0.25, 0.3) is 0 Å². The van der Waals surface area contributed by atoms with Crippen LogP contribution in [0.15, 0.2) is 25.6 Å². The molecule has 0 radical (unpaired) electrons. The third-order valence-electron chi connectivity index (χ3n) is 2.99. The minimum absolute atomic E-state index is 0.164. The van der Waals surface area contributed by atoms with Crippen LogP contribution < -0.4 is 10.5 Å². The van der Waals surface area contributed by atoms with Gasteiger partial charge in [0.05, 0.1) is 8.95 Å². The first-order chi connectivity index (χ1) is 9.99. The summed E-state index contributed by atoms with van der Waals surface area (Å²) in [7, 11) is 0. The lowest BCUT2D eigenvalue weighted by Gasteiger charge is -2.13. The van der Waals surface area contributed by atoms with Gasteiger partial charge in [-0.15, -0.1) is 0 Å². The zero-order valence-electron chi connectivity index (χ0n) is 11.9. The van der Waals surface area contributed by atoms with Crippen LogP contribution in [0.1, 0.15) is 30.6 Å². The van der Waals surface area contributed by atoms with Gasteiger partial charge in [0.2, 0.25) is 0 Å². The van der Waals surface area contributed by atoms with E-state index in [9.17, 15) is 0 Å². The Hall–Kier alpha value is -0.920. The standard InChI is InChI=1S/C14H17Br2N3O2/c1-3-10(17)4-9-5-11(15)14(12(16)6-9)20-7-13-18-8(2)19-21-13/h5-6,10H,3-4,7,17H2,1-2H3. The van der Waals surface area contributed by atoms with E-state index < -0.39 is 0 Å². The Bertz CT molecular complexity index is 593. The Morgan fingerprint density at radius 1 is 1.33 bits per heavy atom. The van der Waals surface area contributed by atoms with Gasteiger partial charge in [-0.1, -0.05) is 12.1 Å². The Labute approximate surface area is 140 Å². The number of aryl methyl sites for hydroxylation is 1. The van der Waals surface area contributed by atoms with Crippen molar-refractivity contribution in [3.8, 4) is 5.75 Å². The molecule has 0 saturated heterocycles. The summed E-state index contributed by atoms with van der Waals surface area (Å²) in [5, 5.41) is 3.73. The number of hydrogen-bond acceptors (Lipinski definition) is 5. The van der Waals surface area contributed by atoms with Crippen LogP contribution in [0, 0.1) is 6.92 Å². The zero-order chi connectivity index (χ0) is 15.4. The van der Waals surface area contributed by atoms with Crippen molar-refractivity contribution in [3.63, 3.8) is 0 Å². The van der Waals surface area contributed by atoms with E-state index >= 15 is 0 Å². The first kappa shape index (κ1) is 16.5. The molecule has 21 heavy (non-hydrogen) atoms. The minimum atomic E-state index is 0.164. The van der Waals surface area contributed by atoms with Crippen LogP contribution in [0.2, 0.25) is 0 Å². The second-order valence-corrected chi connectivity index (χ2v) is 6.49. The van der Waals surface area contributed by atoms with Crippen LogP contribution in [-0.4, -0.2) is 16.2 Å². The molecule has 1 aromatic heterocycles. The third kappa shape index (κ3) is 4.52. The van der Waals surface area contributed by atoms with Crippen molar-refractivity contribution in [1.82, 2.24) is 10.1 Å². The SMILES string of the molecule is CCC(N)Cc1cc(Br)c(OCc2nc(C)no2)c(Br)c1. The van der Waals surface area contributed by atoms with Gasteiger partial charge in [-0.05, 0) is 69.3 Å². The maximum Gasteiger partial charge on any atom is 0.264 e. The van der Waals surface area contributed by atoms with Crippen LogP contribution in [0.3, 0.4) is 0 Å². The summed E-state index contributed by atoms with van der Waals surface area (Å²) in [6.07, 6.45) is 1.78. The molecule has 114 valence electrons. The fraction of sp³-hybridized carbons (Fsp3) is 0.429. The summed E-state index contributed by atoms with van der Waals surface area (Å²) in [6, 6.07) is 4.21. The number of halogens is 2. The summed E-state index contributed by atoms with van der Waals surface area (Å²) in [5.74, 6) is 1.75. The summed E-state index contributed by atoms with van der Waals surface area (Å²) >= 11 is 7.05. The molecule has 1 heterocycles. The fourth-order valence-corrected chi connectivity index (χ4v) is 3.36. The van der Waals surface area contributed by atoms with Crippen molar-refractivity contribution >= 4 is 31.9 Å². The van der Waals surface area contributed by atoms with Gasteiger partial charge in [-0.3, -0.25) is 0 Å². The summed E-state index contributed by atoms with van der Waals surface area (Å²) in [5.41, 5.74) is 7.15. The lowest BCUT2D eigenvalue weighted by atomic mass is 10.0. The molecule has 0 spiro atoms. The van der Waals surface area contributed by atoms with Crippen LogP contribution in [-0.2, 0) is 13.0 Å². The highest BCUT2D eigenvalue weighted by Gasteiger charge is 2.12. The Morgan fingerprint density at radius 3 is 2.52 bits per heavy atom. The number of benzene rings is 1. The first-order valence-corrected chi connectivity index (χ1v) is 8.23. The molecule has 1 aromatic carbocycles. The van der Waals surface area contributed by atoms with Gasteiger partial charge in [0.1, 0.15) is 5.75 Å². The molecule has 5 nitrogen and oxygen atoms in total. The van der Waals surface area contributed by atoms with Gasteiger partial charge in [-0.2, -0.15) is 4.98 Å². The van der Waals surface area contributed by atoms with Crippen LogP contribution in [0.5, 0.6) is 5.75 Å². The van der Waals surface area contributed by atoms with E-state index in [2.05, 4.69) is 48.9 Å². The van der Waals surface area contributed by atoms with Crippen molar-refractivity contribution in [2.75, 3.05) is 0 Å². The lowest BCUT2D eigenvalue weighted by Crippen LogP contribution is -2.21. The largest absolute Gasteiger partial charge is 0.481 e. The van der Waals surface area contributed by atoms with Gasteiger partial charge >= 0.3 is 0 Å². The van der Waals surface area contributed by atoms with E-state index in [1.165, 1.54) is 0 Å². The summed E-state index contributed by atoms with van der Waals surface area (Å²) < 4.78 is 12.5. The van der Waals surface area contributed by atoms with Gasteiger partial charge in [0.15, 0.2) is 12.4 Å². The van der Waals surface area contributed by atoms with Crippen molar-refractivity contribution in [1.29, 1.82) is 0 Å². The summed E-state index contributed by atoms with van der Waals surface area (Å²) in [6.45, 7) is 4.08. The topological polar surface area (TPSA) is 74.2 Å². The molecular weight excluding hydrogens is 402 g/mol. The predicted molar refractivity (Wildman–Crippen MR) is 87.2 cm³/mol. The van der Waals surface area contributed by atoms with E-state index in [1.807, 2.05) is 12.1 Å². The highest BCUT2D eigenvalue weighted by atomic mass is 79.9. The second-order valence-electron chi connectivity index (χ2n) is 4.79. The number of ether oxygens (including phenoxy) is 1. The molecule has 0 amide bonds. The van der Waals surface area contributed by atoms with Gasteiger partial charge in [-0.25, -0.2) is 0 Å². The maximum atomic E-state index is 5.99. The molecule has 0 saturated carbocycles. The molecule has 0 aliphatic carbocycles. The van der Waals surface area contributed by atoms with Gasteiger partial charge < -0.3 is 15.0 Å². The Balaban J connectivity index is 2.09. The van der Waals surface area contributed by atoms with Gasteiger partial charge in [0, 0.05) is 6.04 Å². The monoisotopic (exact) mass is 417 g/mol. The van der Waals surface area contributed by atoms with E-state index in [-0.39, 0.29) is 12.6 Å². The maximum absolute atomic E-state index is 5.99. The zero-order valence-corrected chi connectivity index (χ0v) is 15.1. The van der Waals surface area contributed by atoms with Crippen LogP contribution >= 0.6 is 31.9 Å². The van der Waals surface area contributed by atoms with Crippen molar-refractivity contribution in [2.45, 2.75) is 39.3 Å². The molecule has 1 unspecified atom stereocenters. The molecule has 2 rings (SSSR count). The Morgan fingerprint density at radius 2 is 2.00 bits per heavy atom. The van der Waals surface area contributed by atoms with E-state index in [0.29, 0.717) is 17.5 Å². The summed E-state index contributed by atoms with van der Waals surface area (Å²) in [4.78, 5) is 4.10. The molecule has 2 N–H and O–H groups in total. The molecule has 0 fully saturated rings. The highest BCUT2D eigenvalue weighted by molar-refractivity contribution is 9.11. The number of nitrogens with two attached hydrogens (primary N) is 1. The quantitative estimate of drug-likeness (QED) is 0.772. The van der Waals surface area contributed by atoms with Gasteiger partial charge in [0.25, 0.3) is 5.89 Å². The number of nitrogens with zero attached hydrogens (tertiary/aromatic N) is 2. The molecule has 0 bridgehead atoms. The predicted octanol–water partition coefficient (Wildman–Crippen LogP) is 3.76. The average molecular weight is 419 g/mol. The van der Waals surface area contributed by atoms with E-state index in [0.717, 1.165) is 27.4 Å². The molecule has 7 heteroatoms. The minimum Gasteiger partial charge on any atom is -0.481 e. The molecular formula is C14H17Br2N3O2. The molecule has 1 atom stereocenters. The normalized spacial score (nSPS) is 12.4. The lowest BCUT2D eigenvalue weighted by molar-refractivity contribution is 0.240. The number of hydrogen-bond donors (Lipinski definition) is 1. The first-order valence-electron chi connectivity index (χ1n) is 6.65. The molecule has 2 aromatic rings. The smallest absolute Gasteiger partial charge is 0.264 e. The third-order valence-corrected chi connectivity index (χ3v) is 4.17. The number of rotatable bonds is 6. The highest BCUT2D eigenvalue weighted by Crippen LogP contribution is 2.35. The van der Waals surface area contributed by atoms with Crippen molar-refractivity contribution < 1.29 is 9.26 Å². The molecule has 0 aliphatic heterocycles. The van der Waals surface area contributed by atoms with E-state index in [1.54, 1.807) is 6.92 Å². The van der Waals surface area contributed by atoms with Crippen molar-refractivity contribution in [2.24, 2.45) is 5.73 Å². The molecule has 0 aliphatic rings. The Kier molecular flexibility index (Phi) is 5.78. The fourth-order valence-electron chi connectivity index (χ4n) is 1.85. The number of aromatic nitrogens is 2. The van der Waals surface area contributed by atoms with Crippen LogP contribution in [0.4, 0.5) is 0 Å². The van der Waals surface area contributed by atoms with E-state index in [4.69, 9.17) is 15.0 Å². The van der Waals surface area contributed by atoms with Crippen molar-refractivity contribution in [3.05, 3.63) is 38.4 Å². The second kappa shape index (κ2) is 7.38. The average Bonchev–Trinajstić information content (AvgIpc) is 2.83.